The van der Waals surface area contributed by atoms with Crippen LogP contribution >= 0.6 is 11.6 Å². The van der Waals surface area contributed by atoms with E-state index in [0.717, 1.165) is 29.1 Å². The number of anilines is 1. The normalized spacial score (nSPS) is 10.9. The van der Waals surface area contributed by atoms with Crippen molar-refractivity contribution in [1.29, 1.82) is 0 Å². The van der Waals surface area contributed by atoms with Gasteiger partial charge in [0, 0.05) is 5.02 Å². The van der Waals surface area contributed by atoms with E-state index in [-0.39, 0.29) is 18.3 Å². The van der Waals surface area contributed by atoms with E-state index < -0.39 is 0 Å². The Labute approximate surface area is 198 Å². The highest BCUT2D eigenvalue weighted by molar-refractivity contribution is 6.30. The molecule has 0 aliphatic carbocycles. The van der Waals surface area contributed by atoms with E-state index in [9.17, 15) is 4.79 Å². The molecule has 6 nitrogen and oxygen atoms in total. The van der Waals surface area contributed by atoms with E-state index in [1.165, 1.54) is 5.56 Å². The fourth-order valence-corrected chi connectivity index (χ4v) is 3.78. The van der Waals surface area contributed by atoms with Gasteiger partial charge < -0.3 is 14.5 Å². The lowest BCUT2D eigenvalue weighted by molar-refractivity contribution is 0.0992. The molecule has 1 N–H and O–H groups in total. The number of aryl methyl sites for hydroxylation is 2. The van der Waals surface area contributed by atoms with Gasteiger partial charge in [-0.1, -0.05) is 42.8 Å². The van der Waals surface area contributed by atoms with Gasteiger partial charge in [-0.05, 0) is 67.8 Å². The second kappa shape index (κ2) is 9.96. The number of carbonyl (C=O) groups is 1. The molecule has 0 aliphatic rings. The fraction of sp³-hybridized carbons (Fsp3) is 0.231. The molecule has 1 amide bonds. The average molecular weight is 464 g/mol. The smallest absolute Gasteiger partial charge is 0.291 e. The van der Waals surface area contributed by atoms with Crippen molar-refractivity contribution in [3.63, 3.8) is 0 Å². The molecule has 4 rings (SSSR count). The molecule has 7 heteroatoms. The molecule has 0 saturated heterocycles. The molecule has 0 fully saturated rings. The zero-order chi connectivity index (χ0) is 23.4. The molecule has 2 aromatic carbocycles. The van der Waals surface area contributed by atoms with Gasteiger partial charge in [-0.15, -0.1) is 0 Å². The molecular formula is C26H26ClN3O3. The van der Waals surface area contributed by atoms with Crippen LogP contribution in [-0.4, -0.2) is 15.7 Å². The molecule has 4 aromatic rings. The highest BCUT2D eigenvalue weighted by atomic mass is 35.5. The third-order valence-corrected chi connectivity index (χ3v) is 5.67. The first-order valence-corrected chi connectivity index (χ1v) is 11.2. The van der Waals surface area contributed by atoms with Crippen LogP contribution < -0.4 is 10.1 Å². The maximum absolute atomic E-state index is 12.8. The van der Waals surface area contributed by atoms with Crippen molar-refractivity contribution in [2.45, 2.75) is 40.3 Å². The van der Waals surface area contributed by atoms with Crippen molar-refractivity contribution < 1.29 is 13.9 Å². The van der Waals surface area contributed by atoms with Crippen LogP contribution in [0.15, 0.2) is 65.1 Å². The van der Waals surface area contributed by atoms with Crippen LogP contribution in [0.2, 0.25) is 5.02 Å². The molecule has 0 spiro atoms. The summed E-state index contributed by atoms with van der Waals surface area (Å²) in [6, 6.07) is 19.0. The Morgan fingerprint density at radius 1 is 1.09 bits per heavy atom. The summed E-state index contributed by atoms with van der Waals surface area (Å²) >= 11 is 6.09. The summed E-state index contributed by atoms with van der Waals surface area (Å²) in [7, 11) is 0. The highest BCUT2D eigenvalue weighted by Crippen LogP contribution is 2.23. The molecule has 2 aromatic heterocycles. The Balaban J connectivity index is 1.40. The summed E-state index contributed by atoms with van der Waals surface area (Å²) in [5.41, 5.74) is 4.54. The number of hydrogen-bond donors (Lipinski definition) is 1. The molecule has 0 saturated carbocycles. The maximum Gasteiger partial charge on any atom is 0.291 e. The van der Waals surface area contributed by atoms with Gasteiger partial charge in [-0.2, -0.15) is 5.10 Å². The van der Waals surface area contributed by atoms with Crippen LogP contribution in [0.25, 0.3) is 0 Å². The van der Waals surface area contributed by atoms with Gasteiger partial charge in [0.2, 0.25) is 0 Å². The number of benzene rings is 2. The fourth-order valence-electron chi connectivity index (χ4n) is 3.57. The molecule has 0 aliphatic heterocycles. The highest BCUT2D eigenvalue weighted by Gasteiger charge is 2.18. The number of furan rings is 1. The van der Waals surface area contributed by atoms with Gasteiger partial charge in [0.15, 0.2) is 5.76 Å². The molecule has 0 radical (unpaired) electrons. The lowest BCUT2D eigenvalue weighted by Gasteiger charge is -2.07. The first-order valence-electron chi connectivity index (χ1n) is 10.8. The lowest BCUT2D eigenvalue weighted by Crippen LogP contribution is -2.12. The van der Waals surface area contributed by atoms with Gasteiger partial charge in [0.05, 0.1) is 23.6 Å². The summed E-state index contributed by atoms with van der Waals surface area (Å²) in [6.45, 7) is 6.70. The standard InChI is InChI=1S/C26H26ClN3O3/c1-4-19-8-10-22(11-9-19)32-16-23-12-13-24(33-23)26(31)28-25-17(2)29-30(18(25)3)15-20-6-5-7-21(27)14-20/h5-14H,4,15-16H2,1-3H3,(H,28,31). The van der Waals surface area contributed by atoms with Crippen LogP contribution in [0, 0.1) is 13.8 Å². The largest absolute Gasteiger partial charge is 0.486 e. The summed E-state index contributed by atoms with van der Waals surface area (Å²) < 4.78 is 13.3. The molecule has 0 unspecified atom stereocenters. The first kappa shape index (κ1) is 22.7. The second-order valence-corrected chi connectivity index (χ2v) is 8.28. The number of hydrogen-bond acceptors (Lipinski definition) is 4. The summed E-state index contributed by atoms with van der Waals surface area (Å²) in [5.74, 6) is 1.22. The predicted octanol–water partition coefficient (Wildman–Crippen LogP) is 6.19. The monoisotopic (exact) mass is 463 g/mol. The van der Waals surface area contributed by atoms with Crippen LogP contribution in [-0.2, 0) is 19.6 Å². The molecule has 33 heavy (non-hydrogen) atoms. The minimum Gasteiger partial charge on any atom is -0.486 e. The molecule has 2 heterocycles. The van der Waals surface area contributed by atoms with E-state index in [1.807, 2.05) is 67.1 Å². The van der Waals surface area contributed by atoms with E-state index in [0.29, 0.717) is 23.0 Å². The Kier molecular flexibility index (Phi) is 6.84. The van der Waals surface area contributed by atoms with Crippen molar-refractivity contribution in [3.8, 4) is 5.75 Å². The van der Waals surface area contributed by atoms with Gasteiger partial charge in [0.1, 0.15) is 18.1 Å². The number of halogens is 1. The zero-order valence-electron chi connectivity index (χ0n) is 18.9. The number of aromatic nitrogens is 2. The SMILES string of the molecule is CCc1ccc(OCc2ccc(C(=O)Nc3c(C)nn(Cc4cccc(Cl)c4)c3C)o2)cc1. The second-order valence-electron chi connectivity index (χ2n) is 7.84. The Bertz CT molecular complexity index is 1260. The third-order valence-electron chi connectivity index (χ3n) is 5.44. The van der Waals surface area contributed by atoms with Crippen molar-refractivity contribution >= 4 is 23.2 Å². The van der Waals surface area contributed by atoms with E-state index in [1.54, 1.807) is 12.1 Å². The molecule has 0 atom stereocenters. The molecular weight excluding hydrogens is 438 g/mol. The number of nitrogens with zero attached hydrogens (tertiary/aromatic N) is 2. The Hall–Kier alpha value is -3.51. The Morgan fingerprint density at radius 3 is 2.61 bits per heavy atom. The number of amides is 1. The number of carbonyl (C=O) groups excluding carboxylic acids is 1. The van der Waals surface area contributed by atoms with Gasteiger partial charge in [0.25, 0.3) is 5.91 Å². The van der Waals surface area contributed by atoms with Crippen LogP contribution in [0.3, 0.4) is 0 Å². The van der Waals surface area contributed by atoms with E-state index >= 15 is 0 Å². The number of rotatable bonds is 8. The predicted molar refractivity (Wildman–Crippen MR) is 129 cm³/mol. The van der Waals surface area contributed by atoms with Crippen molar-refractivity contribution in [3.05, 3.63) is 99.7 Å². The summed E-state index contributed by atoms with van der Waals surface area (Å²) in [6.07, 6.45) is 0.982. The van der Waals surface area contributed by atoms with E-state index in [4.69, 9.17) is 20.8 Å². The minimum absolute atomic E-state index is 0.219. The van der Waals surface area contributed by atoms with Gasteiger partial charge >= 0.3 is 0 Å². The van der Waals surface area contributed by atoms with E-state index in [2.05, 4.69) is 17.3 Å². The first-order chi connectivity index (χ1) is 15.9. The summed E-state index contributed by atoms with van der Waals surface area (Å²) in [4.78, 5) is 12.8. The minimum atomic E-state index is -0.331. The molecule has 0 bridgehead atoms. The van der Waals surface area contributed by atoms with Crippen molar-refractivity contribution in [2.24, 2.45) is 0 Å². The van der Waals surface area contributed by atoms with Crippen LogP contribution in [0.5, 0.6) is 5.75 Å². The van der Waals surface area contributed by atoms with Gasteiger partial charge in [-0.25, -0.2) is 0 Å². The zero-order valence-corrected chi connectivity index (χ0v) is 19.6. The third kappa shape index (κ3) is 5.46. The van der Waals surface area contributed by atoms with Crippen molar-refractivity contribution in [1.82, 2.24) is 9.78 Å². The number of ether oxygens (including phenoxy) is 1. The number of nitrogens with one attached hydrogen (secondary N) is 1. The topological polar surface area (TPSA) is 69.3 Å². The van der Waals surface area contributed by atoms with Crippen molar-refractivity contribution in [2.75, 3.05) is 5.32 Å². The maximum atomic E-state index is 12.8. The lowest BCUT2D eigenvalue weighted by atomic mass is 10.2. The summed E-state index contributed by atoms with van der Waals surface area (Å²) in [5, 5.41) is 8.18. The van der Waals surface area contributed by atoms with Crippen LogP contribution in [0.4, 0.5) is 5.69 Å². The van der Waals surface area contributed by atoms with Crippen LogP contribution in [0.1, 0.15) is 45.8 Å². The average Bonchev–Trinajstić information content (AvgIpc) is 3.39. The Morgan fingerprint density at radius 2 is 1.88 bits per heavy atom. The molecule has 170 valence electrons. The quantitative estimate of drug-likeness (QED) is 0.338. The van der Waals surface area contributed by atoms with Gasteiger partial charge in [-0.3, -0.25) is 9.48 Å².